The first-order valence-electron chi connectivity index (χ1n) is 25.6. The second kappa shape index (κ2) is 13.9. The minimum absolute atomic E-state index is 0.0427. The van der Waals surface area contributed by atoms with Crippen molar-refractivity contribution in [2.75, 3.05) is 9.71 Å². The lowest BCUT2D eigenvalue weighted by molar-refractivity contribution is 0.590. The quantitative estimate of drug-likeness (QED) is 0.159. The predicted molar refractivity (Wildman–Crippen MR) is 306 cm³/mol. The SMILES string of the molecule is CC(C)(C)c1ccc(N2c3cc4c(c5c3B(c3c2ccc2c3sc3ccccc32)N2c3ccccc3C3(c6ccccc6-c6ccccc63)c3cccc-5c32)C(C)(C)c2ccccc2-4)c(-c2ccccc2)c1. The minimum atomic E-state index is -0.533. The van der Waals surface area contributed by atoms with Crippen molar-refractivity contribution in [3.8, 4) is 44.5 Å². The number of hydrogen-bond acceptors (Lipinski definition) is 3. The predicted octanol–water partition coefficient (Wildman–Crippen LogP) is 16.7. The number of hydrogen-bond donors (Lipinski definition) is 0. The maximum Gasteiger partial charge on any atom is 0.334 e. The van der Waals surface area contributed by atoms with Gasteiger partial charge in [-0.1, -0.05) is 204 Å². The first kappa shape index (κ1) is 40.8. The lowest BCUT2D eigenvalue weighted by Crippen LogP contribution is -2.63. The molecule has 0 bridgehead atoms. The zero-order chi connectivity index (χ0) is 48.0. The molecule has 4 heterocycles. The van der Waals surface area contributed by atoms with Crippen LogP contribution in [-0.2, 0) is 16.2 Å². The van der Waals surface area contributed by atoms with E-state index >= 15 is 0 Å². The van der Waals surface area contributed by atoms with Crippen LogP contribution < -0.4 is 20.6 Å². The summed E-state index contributed by atoms with van der Waals surface area (Å²) in [6, 6.07) is 79.5. The molecule has 0 saturated carbocycles. The third-order valence-electron chi connectivity index (χ3n) is 17.4. The van der Waals surface area contributed by atoms with E-state index in [-0.39, 0.29) is 17.7 Å². The molecule has 0 atom stereocenters. The number of thiophene rings is 1. The van der Waals surface area contributed by atoms with Crippen LogP contribution in [0.15, 0.2) is 206 Å². The average Bonchev–Trinajstić information content (AvgIpc) is 4.03. The van der Waals surface area contributed by atoms with Gasteiger partial charge in [0.2, 0.25) is 0 Å². The van der Waals surface area contributed by atoms with Crippen LogP contribution in [0.5, 0.6) is 0 Å². The van der Waals surface area contributed by atoms with Crippen LogP contribution in [0, 0.1) is 0 Å². The highest BCUT2D eigenvalue weighted by Gasteiger charge is 2.58. The lowest BCUT2D eigenvalue weighted by atomic mass is 9.41. The van der Waals surface area contributed by atoms with Gasteiger partial charge in [0.25, 0.3) is 0 Å². The Morgan fingerprint density at radius 1 is 0.444 bits per heavy atom. The van der Waals surface area contributed by atoms with Gasteiger partial charge in [0.1, 0.15) is 0 Å². The van der Waals surface area contributed by atoms with Crippen molar-refractivity contribution in [3.63, 3.8) is 0 Å². The van der Waals surface area contributed by atoms with Crippen LogP contribution in [0.1, 0.15) is 73.6 Å². The van der Waals surface area contributed by atoms with Crippen molar-refractivity contribution in [3.05, 3.63) is 245 Å². The Bertz CT molecular complexity index is 4160. The molecule has 10 aromatic carbocycles. The smallest absolute Gasteiger partial charge is 0.334 e. The number of fused-ring (bicyclic) bond motifs is 21. The number of para-hydroxylation sites is 2. The van der Waals surface area contributed by atoms with E-state index in [1.54, 1.807) is 0 Å². The zero-order valence-corrected chi connectivity index (χ0v) is 41.8. The molecule has 2 aliphatic carbocycles. The Morgan fingerprint density at radius 3 is 1.81 bits per heavy atom. The summed E-state index contributed by atoms with van der Waals surface area (Å²) < 4.78 is 2.67. The van der Waals surface area contributed by atoms with E-state index in [4.69, 9.17) is 0 Å². The van der Waals surface area contributed by atoms with Crippen molar-refractivity contribution in [1.29, 1.82) is 0 Å². The van der Waals surface area contributed by atoms with Crippen molar-refractivity contribution in [2.24, 2.45) is 0 Å². The highest BCUT2D eigenvalue weighted by molar-refractivity contribution is 7.27. The van der Waals surface area contributed by atoms with E-state index < -0.39 is 5.41 Å². The standard InChI is InChI=1S/C68H49BN2S/c1-66(2,3)41-34-36-55(48(38-41)40-20-7-6-8-21-40)70-57-37-35-46-45-25-12-18-33-59(45)72-65(46)63(57)69-62-58(70)39-49-44-24-9-13-27-50(44)67(4,5)61(49)60(62)47-26-19-31-54-64(47)71(69)56-32-17-16-30-53(56)68(54)51-28-14-10-22-42(51)43-23-11-15-29-52(43)68/h6-39H,1-5H3. The van der Waals surface area contributed by atoms with Crippen LogP contribution >= 0.6 is 11.3 Å². The molecule has 0 unspecified atom stereocenters. The van der Waals surface area contributed by atoms with Crippen molar-refractivity contribution in [1.82, 2.24) is 0 Å². The number of benzene rings is 10. The molecule has 0 amide bonds. The molecule has 1 spiro atoms. The van der Waals surface area contributed by atoms with Gasteiger partial charge < -0.3 is 9.71 Å². The molecule has 4 heteroatoms. The normalized spacial score (nSPS) is 15.4. The molecule has 340 valence electrons. The summed E-state index contributed by atoms with van der Waals surface area (Å²) >= 11 is 1.96. The van der Waals surface area contributed by atoms with Gasteiger partial charge in [-0.05, 0) is 125 Å². The first-order valence-corrected chi connectivity index (χ1v) is 26.4. The molecule has 72 heavy (non-hydrogen) atoms. The Labute approximate surface area is 425 Å². The fourth-order valence-corrected chi connectivity index (χ4v) is 15.7. The minimum Gasteiger partial charge on any atom is -0.376 e. The molecule has 0 radical (unpaired) electrons. The van der Waals surface area contributed by atoms with Gasteiger partial charge in [-0.15, -0.1) is 11.3 Å². The van der Waals surface area contributed by atoms with Crippen molar-refractivity contribution in [2.45, 2.75) is 50.9 Å². The summed E-state index contributed by atoms with van der Waals surface area (Å²) in [6.07, 6.45) is 0. The fraction of sp³-hybridized carbons (Fsp3) is 0.118. The monoisotopic (exact) mass is 936 g/mol. The Morgan fingerprint density at radius 2 is 1.06 bits per heavy atom. The molecular weight excluding hydrogens is 888 g/mol. The van der Waals surface area contributed by atoms with Crippen LogP contribution in [0.3, 0.4) is 0 Å². The van der Waals surface area contributed by atoms with E-state index in [1.807, 2.05) is 11.3 Å². The first-order chi connectivity index (χ1) is 35.2. The maximum atomic E-state index is 2.82. The highest BCUT2D eigenvalue weighted by atomic mass is 32.1. The van der Waals surface area contributed by atoms with Gasteiger partial charge >= 0.3 is 6.85 Å². The average molecular weight is 937 g/mol. The highest BCUT2D eigenvalue weighted by Crippen LogP contribution is 2.66. The van der Waals surface area contributed by atoms with Gasteiger partial charge in [0, 0.05) is 59.5 Å². The summed E-state index contributed by atoms with van der Waals surface area (Å²) in [5.41, 5.74) is 28.2. The van der Waals surface area contributed by atoms with Gasteiger partial charge in [0.15, 0.2) is 0 Å². The molecule has 0 fully saturated rings. The molecule has 1 aromatic heterocycles. The van der Waals surface area contributed by atoms with Gasteiger partial charge in [-0.2, -0.15) is 0 Å². The largest absolute Gasteiger partial charge is 0.376 e. The van der Waals surface area contributed by atoms with Crippen molar-refractivity contribution < 1.29 is 0 Å². The second-order valence-electron chi connectivity index (χ2n) is 22.3. The van der Waals surface area contributed by atoms with Crippen LogP contribution in [0.25, 0.3) is 64.7 Å². The third kappa shape index (κ3) is 4.92. The molecule has 0 N–H and O–H groups in total. The van der Waals surface area contributed by atoms with Crippen LogP contribution in [0.2, 0.25) is 0 Å². The van der Waals surface area contributed by atoms with E-state index in [9.17, 15) is 0 Å². The van der Waals surface area contributed by atoms with Gasteiger partial charge in [-0.3, -0.25) is 0 Å². The Hall–Kier alpha value is -7.92. The zero-order valence-electron chi connectivity index (χ0n) is 41.0. The third-order valence-corrected chi connectivity index (χ3v) is 18.6. The van der Waals surface area contributed by atoms with E-state index in [2.05, 4.69) is 251 Å². The fourth-order valence-electron chi connectivity index (χ4n) is 14.4. The lowest BCUT2D eigenvalue weighted by Gasteiger charge is -2.53. The van der Waals surface area contributed by atoms with Gasteiger partial charge in [0.05, 0.1) is 11.1 Å². The summed E-state index contributed by atoms with van der Waals surface area (Å²) in [5, 5.41) is 2.64. The van der Waals surface area contributed by atoms with E-state index in [1.165, 1.54) is 143 Å². The summed E-state index contributed by atoms with van der Waals surface area (Å²) in [5.74, 6) is 0. The summed E-state index contributed by atoms with van der Waals surface area (Å²) in [7, 11) is 0. The van der Waals surface area contributed by atoms with Crippen molar-refractivity contribution >= 4 is 77.7 Å². The molecule has 3 aliphatic heterocycles. The molecule has 2 nitrogen and oxygen atoms in total. The topological polar surface area (TPSA) is 6.48 Å². The summed E-state index contributed by atoms with van der Waals surface area (Å²) in [6.45, 7) is 11.8. The molecule has 11 aromatic rings. The number of anilines is 5. The number of rotatable bonds is 2. The Kier molecular flexibility index (Phi) is 7.89. The van der Waals surface area contributed by atoms with Crippen LogP contribution in [0.4, 0.5) is 28.4 Å². The van der Waals surface area contributed by atoms with Gasteiger partial charge in [-0.25, -0.2) is 0 Å². The number of nitrogens with zero attached hydrogens (tertiary/aromatic N) is 2. The molecule has 0 saturated heterocycles. The molecular formula is C68H49BN2S. The van der Waals surface area contributed by atoms with E-state index in [0.717, 1.165) is 0 Å². The molecule has 5 aliphatic rings. The molecule has 16 rings (SSSR count). The summed E-state index contributed by atoms with van der Waals surface area (Å²) in [4.78, 5) is 5.51. The Balaban J connectivity index is 1.12. The second-order valence-corrected chi connectivity index (χ2v) is 23.3. The maximum absolute atomic E-state index is 2.82. The van der Waals surface area contributed by atoms with E-state index in [0.29, 0.717) is 0 Å². The van der Waals surface area contributed by atoms with Crippen LogP contribution in [-0.4, -0.2) is 6.85 Å².